The van der Waals surface area contributed by atoms with Gasteiger partial charge in [0.25, 0.3) is 5.91 Å². The first kappa shape index (κ1) is 14.3. The highest BCUT2D eigenvalue weighted by molar-refractivity contribution is 5.93. The lowest BCUT2D eigenvalue weighted by Gasteiger charge is -2.32. The van der Waals surface area contributed by atoms with Crippen molar-refractivity contribution in [1.82, 2.24) is 14.8 Å². The van der Waals surface area contributed by atoms with Crippen molar-refractivity contribution in [3.63, 3.8) is 0 Å². The Morgan fingerprint density at radius 3 is 2.65 bits per heavy atom. The average Bonchev–Trinajstić information content (AvgIpc) is 2.46. The quantitative estimate of drug-likeness (QED) is 0.827. The summed E-state index contributed by atoms with van der Waals surface area (Å²) in [4.78, 5) is 30.6. The van der Waals surface area contributed by atoms with Gasteiger partial charge in [0.1, 0.15) is 5.69 Å². The van der Waals surface area contributed by atoms with E-state index >= 15 is 0 Å². The number of hydrogen-bond donors (Lipinski definition) is 1. The first-order valence-electron chi connectivity index (χ1n) is 6.81. The van der Waals surface area contributed by atoms with Crippen LogP contribution in [0.25, 0.3) is 0 Å². The smallest absolute Gasteiger partial charge is 0.272 e. The molecule has 0 aromatic carbocycles. The number of nitrogens with zero attached hydrogens (tertiary/aromatic N) is 3. The summed E-state index contributed by atoms with van der Waals surface area (Å²) in [5, 5.41) is 3.25. The standard InChI is InChI=1S/C14H20N4O2/c1-11(2)16-12-3-4-15-13(9-12)14(20)18-7-5-17(10-19)6-8-18/h3-4,9-11H,5-8H2,1-2H3,(H,15,16). The maximum Gasteiger partial charge on any atom is 0.272 e. The Morgan fingerprint density at radius 2 is 2.05 bits per heavy atom. The molecule has 20 heavy (non-hydrogen) atoms. The van der Waals surface area contributed by atoms with Crippen molar-refractivity contribution >= 4 is 18.0 Å². The highest BCUT2D eigenvalue weighted by Crippen LogP contribution is 2.12. The molecule has 1 N–H and O–H groups in total. The molecule has 6 nitrogen and oxygen atoms in total. The highest BCUT2D eigenvalue weighted by atomic mass is 16.2. The number of amides is 2. The van der Waals surface area contributed by atoms with Crippen molar-refractivity contribution in [1.29, 1.82) is 0 Å². The summed E-state index contributed by atoms with van der Waals surface area (Å²) in [6, 6.07) is 3.92. The van der Waals surface area contributed by atoms with Gasteiger partial charge in [0, 0.05) is 44.1 Å². The van der Waals surface area contributed by atoms with E-state index in [1.807, 2.05) is 19.9 Å². The van der Waals surface area contributed by atoms with Crippen molar-refractivity contribution in [2.75, 3.05) is 31.5 Å². The molecule has 0 unspecified atom stereocenters. The van der Waals surface area contributed by atoms with Crippen LogP contribution in [0.4, 0.5) is 5.69 Å². The Hall–Kier alpha value is -2.11. The Balaban J connectivity index is 2.04. The first-order valence-corrected chi connectivity index (χ1v) is 6.81. The van der Waals surface area contributed by atoms with Crippen molar-refractivity contribution in [3.8, 4) is 0 Å². The second-order valence-electron chi connectivity index (χ2n) is 5.16. The number of rotatable bonds is 4. The number of hydrogen-bond acceptors (Lipinski definition) is 4. The van der Waals surface area contributed by atoms with Crippen molar-refractivity contribution in [2.24, 2.45) is 0 Å². The maximum atomic E-state index is 12.4. The minimum Gasteiger partial charge on any atom is -0.383 e. The van der Waals surface area contributed by atoms with Crippen LogP contribution in [0.3, 0.4) is 0 Å². The molecule has 1 aliphatic heterocycles. The summed E-state index contributed by atoms with van der Waals surface area (Å²) in [5.74, 6) is -0.0806. The fraction of sp³-hybridized carbons (Fsp3) is 0.500. The van der Waals surface area contributed by atoms with Crippen LogP contribution in [-0.2, 0) is 4.79 Å². The molecular formula is C14H20N4O2. The van der Waals surface area contributed by atoms with Crippen LogP contribution in [0, 0.1) is 0 Å². The van der Waals surface area contributed by atoms with E-state index in [2.05, 4.69) is 10.3 Å². The number of aromatic nitrogens is 1. The van der Waals surface area contributed by atoms with E-state index in [1.165, 1.54) is 0 Å². The number of piperazine rings is 1. The fourth-order valence-electron chi connectivity index (χ4n) is 2.16. The Labute approximate surface area is 118 Å². The van der Waals surface area contributed by atoms with Gasteiger partial charge in [0.05, 0.1) is 0 Å². The van der Waals surface area contributed by atoms with Crippen LogP contribution in [0.15, 0.2) is 18.3 Å². The molecule has 0 saturated carbocycles. The van der Waals surface area contributed by atoms with E-state index < -0.39 is 0 Å². The van der Waals surface area contributed by atoms with E-state index in [1.54, 1.807) is 22.1 Å². The summed E-state index contributed by atoms with van der Waals surface area (Å²) in [7, 11) is 0. The molecule has 1 fully saturated rings. The topological polar surface area (TPSA) is 65.5 Å². The summed E-state index contributed by atoms with van der Waals surface area (Å²) in [6.07, 6.45) is 2.47. The SMILES string of the molecule is CC(C)Nc1ccnc(C(=O)N2CCN(C=O)CC2)c1. The molecule has 1 aromatic heterocycles. The van der Waals surface area contributed by atoms with Crippen LogP contribution in [0.5, 0.6) is 0 Å². The molecule has 0 bridgehead atoms. The van der Waals surface area contributed by atoms with Crippen LogP contribution in [0.1, 0.15) is 24.3 Å². The van der Waals surface area contributed by atoms with Gasteiger partial charge in [-0.2, -0.15) is 0 Å². The molecule has 2 amide bonds. The zero-order valence-electron chi connectivity index (χ0n) is 11.9. The van der Waals surface area contributed by atoms with Crippen molar-refractivity contribution < 1.29 is 9.59 Å². The molecule has 6 heteroatoms. The molecule has 0 aliphatic carbocycles. The third-order valence-corrected chi connectivity index (χ3v) is 3.18. The zero-order chi connectivity index (χ0) is 14.5. The van der Waals surface area contributed by atoms with Gasteiger partial charge in [-0.15, -0.1) is 0 Å². The van der Waals surface area contributed by atoms with Crippen molar-refractivity contribution in [3.05, 3.63) is 24.0 Å². The summed E-state index contributed by atoms with van der Waals surface area (Å²) in [6.45, 7) is 6.36. The number of carbonyl (C=O) groups is 2. The third kappa shape index (κ3) is 3.46. The maximum absolute atomic E-state index is 12.4. The monoisotopic (exact) mass is 276 g/mol. The normalized spacial score (nSPS) is 15.3. The van der Waals surface area contributed by atoms with Crippen LogP contribution in [-0.4, -0.2) is 59.3 Å². The zero-order valence-corrected chi connectivity index (χ0v) is 11.9. The number of carbonyl (C=O) groups excluding carboxylic acids is 2. The van der Waals surface area contributed by atoms with Gasteiger partial charge in [-0.05, 0) is 26.0 Å². The lowest BCUT2D eigenvalue weighted by molar-refractivity contribution is -0.119. The summed E-state index contributed by atoms with van der Waals surface area (Å²) >= 11 is 0. The van der Waals surface area contributed by atoms with E-state index in [9.17, 15) is 9.59 Å². The number of nitrogens with one attached hydrogen (secondary N) is 1. The molecule has 1 aliphatic rings. The lowest BCUT2D eigenvalue weighted by atomic mass is 10.2. The van der Waals surface area contributed by atoms with Crippen molar-refractivity contribution in [2.45, 2.75) is 19.9 Å². The fourth-order valence-corrected chi connectivity index (χ4v) is 2.16. The molecule has 2 heterocycles. The molecule has 1 aromatic rings. The van der Waals surface area contributed by atoms with Gasteiger partial charge < -0.3 is 15.1 Å². The number of anilines is 1. The predicted molar refractivity (Wildman–Crippen MR) is 76.5 cm³/mol. The van der Waals surface area contributed by atoms with Crippen LogP contribution >= 0.6 is 0 Å². The second kappa shape index (κ2) is 6.36. The molecule has 0 atom stereocenters. The van der Waals surface area contributed by atoms with Gasteiger partial charge in [0.15, 0.2) is 0 Å². The molecule has 1 saturated heterocycles. The highest BCUT2D eigenvalue weighted by Gasteiger charge is 2.22. The first-order chi connectivity index (χ1) is 9.60. The molecule has 2 rings (SSSR count). The second-order valence-corrected chi connectivity index (χ2v) is 5.16. The minimum atomic E-state index is -0.0806. The Morgan fingerprint density at radius 1 is 1.35 bits per heavy atom. The minimum absolute atomic E-state index is 0.0806. The molecular weight excluding hydrogens is 256 g/mol. The lowest BCUT2D eigenvalue weighted by Crippen LogP contribution is -2.48. The molecule has 0 radical (unpaired) electrons. The van der Waals surface area contributed by atoms with Gasteiger partial charge in [-0.3, -0.25) is 14.6 Å². The van der Waals surface area contributed by atoms with E-state index in [0.717, 1.165) is 12.1 Å². The Kier molecular flexibility index (Phi) is 4.55. The average molecular weight is 276 g/mol. The van der Waals surface area contributed by atoms with E-state index in [-0.39, 0.29) is 5.91 Å². The summed E-state index contributed by atoms with van der Waals surface area (Å²) in [5.41, 5.74) is 1.33. The van der Waals surface area contributed by atoms with Gasteiger partial charge >= 0.3 is 0 Å². The van der Waals surface area contributed by atoms with Gasteiger partial charge in [-0.1, -0.05) is 0 Å². The van der Waals surface area contributed by atoms with Gasteiger partial charge in [0.2, 0.25) is 6.41 Å². The Bertz CT molecular complexity index is 482. The largest absolute Gasteiger partial charge is 0.383 e. The van der Waals surface area contributed by atoms with Crippen LogP contribution in [0.2, 0.25) is 0 Å². The van der Waals surface area contributed by atoms with E-state index in [4.69, 9.17) is 0 Å². The molecule has 0 spiro atoms. The predicted octanol–water partition coefficient (Wildman–Crippen LogP) is 0.816. The van der Waals surface area contributed by atoms with Gasteiger partial charge in [-0.25, -0.2) is 0 Å². The van der Waals surface area contributed by atoms with Crippen LogP contribution < -0.4 is 5.32 Å². The summed E-state index contributed by atoms with van der Waals surface area (Å²) < 4.78 is 0. The number of pyridine rings is 1. The van der Waals surface area contributed by atoms with E-state index in [0.29, 0.717) is 37.9 Å². The molecule has 108 valence electrons. The third-order valence-electron chi connectivity index (χ3n) is 3.18.